The van der Waals surface area contributed by atoms with Crippen LogP contribution >= 0.6 is 0 Å². The number of nitrogens with zero attached hydrogens (tertiary/aromatic N) is 2. The van der Waals surface area contributed by atoms with Crippen LogP contribution in [0.1, 0.15) is 58.3 Å². The second-order valence-electron chi connectivity index (χ2n) is 8.53. The van der Waals surface area contributed by atoms with Crippen molar-refractivity contribution in [2.24, 2.45) is 5.92 Å². The molecule has 8 nitrogen and oxygen atoms in total. The van der Waals surface area contributed by atoms with E-state index in [0.717, 1.165) is 12.0 Å². The fourth-order valence-electron chi connectivity index (χ4n) is 3.73. The molecule has 0 spiro atoms. The van der Waals surface area contributed by atoms with Crippen LogP contribution in [0.4, 0.5) is 4.39 Å². The van der Waals surface area contributed by atoms with Gasteiger partial charge in [-0.25, -0.2) is 19.2 Å². The highest BCUT2D eigenvalue weighted by atomic mass is 19.1. The zero-order valence-corrected chi connectivity index (χ0v) is 20.0. The standard InChI is InChI=1S/C26H29FN4O4/c1-16-7-9-20(6-4-5-19(11-16)26(34)35-3)31-25(33)23-13-22(29-15-30-23)24(32)28-14-18-8-10-21(27)17(2)12-18/h4-5,8,10-13,15-16,20H,6-7,9,14H2,1-3H3,(H,28,32)(H,31,33)/b5-4-,19-11+/t16-,20+/m0/s1. The van der Waals surface area contributed by atoms with Gasteiger partial charge in [-0.05, 0) is 49.3 Å². The molecule has 1 aliphatic carbocycles. The summed E-state index contributed by atoms with van der Waals surface area (Å²) in [5, 5.41) is 5.68. The van der Waals surface area contributed by atoms with Crippen LogP contribution in [0.15, 0.2) is 54.4 Å². The molecule has 0 aliphatic heterocycles. The summed E-state index contributed by atoms with van der Waals surface area (Å²) >= 11 is 0. The van der Waals surface area contributed by atoms with E-state index in [4.69, 9.17) is 4.74 Å². The maximum absolute atomic E-state index is 13.4. The number of aromatic nitrogens is 2. The molecular formula is C26H29FN4O4. The number of amides is 2. The number of allylic oxidation sites excluding steroid dienone is 1. The van der Waals surface area contributed by atoms with Crippen LogP contribution < -0.4 is 10.6 Å². The Balaban J connectivity index is 1.62. The first-order valence-electron chi connectivity index (χ1n) is 11.4. The lowest BCUT2D eigenvalue weighted by molar-refractivity contribution is -0.135. The molecule has 2 aromatic rings. The number of carbonyl (C=O) groups excluding carboxylic acids is 3. The average molecular weight is 481 g/mol. The molecule has 0 bridgehead atoms. The molecule has 35 heavy (non-hydrogen) atoms. The number of halogens is 1. The second-order valence-corrected chi connectivity index (χ2v) is 8.53. The third-order valence-electron chi connectivity index (χ3n) is 5.72. The predicted octanol–water partition coefficient (Wildman–Crippen LogP) is 3.43. The average Bonchev–Trinajstić information content (AvgIpc) is 2.94. The topological polar surface area (TPSA) is 110 Å². The van der Waals surface area contributed by atoms with E-state index < -0.39 is 17.8 Å². The van der Waals surface area contributed by atoms with Gasteiger partial charge in [0.05, 0.1) is 12.7 Å². The highest BCUT2D eigenvalue weighted by Crippen LogP contribution is 2.18. The number of ether oxygens (including phenoxy) is 1. The van der Waals surface area contributed by atoms with Crippen LogP contribution in [-0.2, 0) is 16.1 Å². The van der Waals surface area contributed by atoms with Crippen molar-refractivity contribution in [2.75, 3.05) is 7.11 Å². The number of carbonyl (C=O) groups is 3. The molecule has 0 saturated carbocycles. The summed E-state index contributed by atoms with van der Waals surface area (Å²) in [4.78, 5) is 45.3. The fourth-order valence-corrected chi connectivity index (χ4v) is 3.73. The first-order valence-corrected chi connectivity index (χ1v) is 11.4. The Labute approximate surface area is 203 Å². The molecule has 184 valence electrons. The quantitative estimate of drug-likeness (QED) is 0.613. The molecule has 2 atom stereocenters. The number of methoxy groups -OCH3 is 1. The van der Waals surface area contributed by atoms with Gasteiger partial charge in [0.2, 0.25) is 0 Å². The largest absolute Gasteiger partial charge is 0.465 e. The first-order chi connectivity index (χ1) is 16.8. The summed E-state index contributed by atoms with van der Waals surface area (Å²) in [7, 11) is 1.34. The number of nitrogens with one attached hydrogen (secondary N) is 2. The molecule has 1 heterocycles. The van der Waals surface area contributed by atoms with Crippen LogP contribution in [0.2, 0.25) is 0 Å². The smallest absolute Gasteiger partial charge is 0.337 e. The van der Waals surface area contributed by atoms with Crippen molar-refractivity contribution in [2.45, 2.75) is 45.7 Å². The fraction of sp³-hybridized carbons (Fsp3) is 0.346. The lowest BCUT2D eigenvalue weighted by Crippen LogP contribution is -2.35. The Morgan fingerprint density at radius 3 is 2.57 bits per heavy atom. The van der Waals surface area contributed by atoms with Gasteiger partial charge in [-0.15, -0.1) is 0 Å². The van der Waals surface area contributed by atoms with Crippen LogP contribution in [-0.4, -0.2) is 40.9 Å². The lowest BCUT2D eigenvalue weighted by Gasteiger charge is -2.18. The van der Waals surface area contributed by atoms with E-state index in [2.05, 4.69) is 20.6 Å². The van der Waals surface area contributed by atoms with Crippen molar-refractivity contribution in [3.63, 3.8) is 0 Å². The maximum atomic E-state index is 13.4. The molecule has 3 rings (SSSR count). The molecule has 1 aromatic carbocycles. The molecular weight excluding hydrogens is 451 g/mol. The summed E-state index contributed by atoms with van der Waals surface area (Å²) in [6, 6.07) is 5.78. The van der Waals surface area contributed by atoms with Crippen molar-refractivity contribution in [3.05, 3.63) is 82.7 Å². The van der Waals surface area contributed by atoms with Gasteiger partial charge in [0, 0.05) is 18.7 Å². The third kappa shape index (κ3) is 7.30. The molecule has 2 amide bonds. The van der Waals surface area contributed by atoms with E-state index in [9.17, 15) is 18.8 Å². The van der Waals surface area contributed by atoms with Crippen molar-refractivity contribution in [1.82, 2.24) is 20.6 Å². The van der Waals surface area contributed by atoms with E-state index in [0.29, 0.717) is 24.0 Å². The Hall–Kier alpha value is -3.88. The molecule has 0 saturated heterocycles. The van der Waals surface area contributed by atoms with Crippen molar-refractivity contribution >= 4 is 17.8 Å². The Morgan fingerprint density at radius 1 is 1.11 bits per heavy atom. The van der Waals surface area contributed by atoms with E-state index in [1.807, 2.05) is 19.1 Å². The zero-order chi connectivity index (χ0) is 25.4. The number of hydrogen-bond acceptors (Lipinski definition) is 6. The number of benzene rings is 1. The molecule has 0 fully saturated rings. The summed E-state index contributed by atoms with van der Waals surface area (Å²) in [6.45, 7) is 3.85. The van der Waals surface area contributed by atoms with Crippen LogP contribution in [0.3, 0.4) is 0 Å². The van der Waals surface area contributed by atoms with Gasteiger partial charge in [-0.1, -0.05) is 37.3 Å². The summed E-state index contributed by atoms with van der Waals surface area (Å²) < 4.78 is 18.2. The molecule has 2 N–H and O–H groups in total. The normalized spacial score (nSPS) is 20.3. The van der Waals surface area contributed by atoms with Crippen LogP contribution in [0.25, 0.3) is 0 Å². The SMILES string of the molecule is COC(=O)C1=C/[C@@H](C)CC[C@H](NC(=O)c2cc(C(=O)NCc3ccc(F)c(C)c3)ncn2)C/C=C\1. The minimum atomic E-state index is -0.468. The Bertz CT molecular complexity index is 1160. The van der Waals surface area contributed by atoms with Gasteiger partial charge >= 0.3 is 5.97 Å². The lowest BCUT2D eigenvalue weighted by atomic mass is 9.99. The molecule has 9 heteroatoms. The van der Waals surface area contributed by atoms with E-state index in [1.165, 1.54) is 25.6 Å². The van der Waals surface area contributed by atoms with Gasteiger partial charge in [-0.3, -0.25) is 9.59 Å². The van der Waals surface area contributed by atoms with Crippen LogP contribution in [0, 0.1) is 18.7 Å². The molecule has 0 radical (unpaired) electrons. The van der Waals surface area contributed by atoms with Crippen molar-refractivity contribution < 1.29 is 23.5 Å². The van der Waals surface area contributed by atoms with Gasteiger partial charge in [-0.2, -0.15) is 0 Å². The summed E-state index contributed by atoms with van der Waals surface area (Å²) in [5.41, 5.74) is 1.86. The molecule has 0 unspecified atom stereocenters. The summed E-state index contributed by atoms with van der Waals surface area (Å²) in [6.07, 6.45) is 8.59. The van der Waals surface area contributed by atoms with Gasteiger partial charge in [0.1, 0.15) is 23.5 Å². The van der Waals surface area contributed by atoms with Crippen molar-refractivity contribution in [1.29, 1.82) is 0 Å². The number of esters is 1. The number of rotatable bonds is 6. The molecule has 1 aliphatic rings. The highest BCUT2D eigenvalue weighted by Gasteiger charge is 2.19. The minimum absolute atomic E-state index is 0.0545. The second kappa shape index (κ2) is 12.0. The molecule has 1 aromatic heterocycles. The van der Waals surface area contributed by atoms with Gasteiger partial charge in [0.15, 0.2) is 0 Å². The minimum Gasteiger partial charge on any atom is -0.465 e. The predicted molar refractivity (Wildman–Crippen MR) is 128 cm³/mol. The number of aryl methyl sites for hydroxylation is 1. The van der Waals surface area contributed by atoms with E-state index in [-0.39, 0.29) is 35.7 Å². The van der Waals surface area contributed by atoms with Crippen molar-refractivity contribution in [3.8, 4) is 0 Å². The Morgan fingerprint density at radius 2 is 1.86 bits per heavy atom. The highest BCUT2D eigenvalue weighted by molar-refractivity contribution is 5.97. The van der Waals surface area contributed by atoms with Crippen LogP contribution in [0.5, 0.6) is 0 Å². The van der Waals surface area contributed by atoms with E-state index in [1.54, 1.807) is 25.1 Å². The summed E-state index contributed by atoms with van der Waals surface area (Å²) in [5.74, 6) is -1.45. The Kier molecular flexibility index (Phi) is 8.83. The van der Waals surface area contributed by atoms with Gasteiger partial charge in [0.25, 0.3) is 11.8 Å². The third-order valence-corrected chi connectivity index (χ3v) is 5.72. The first kappa shape index (κ1) is 25.7. The van der Waals surface area contributed by atoms with Gasteiger partial charge < -0.3 is 15.4 Å². The zero-order valence-electron chi connectivity index (χ0n) is 20.0. The number of hydrogen-bond donors (Lipinski definition) is 2. The maximum Gasteiger partial charge on any atom is 0.337 e. The monoisotopic (exact) mass is 480 g/mol. The van der Waals surface area contributed by atoms with E-state index >= 15 is 0 Å².